The zero-order valence-electron chi connectivity index (χ0n) is 28.9. The molecule has 1 saturated carbocycles. The zero-order valence-corrected chi connectivity index (χ0v) is 32.9. The average Bonchev–Trinajstić information content (AvgIpc) is 3.69. The summed E-state index contributed by atoms with van der Waals surface area (Å²) in [7, 11) is 0. The van der Waals surface area contributed by atoms with Gasteiger partial charge in [0.25, 0.3) is 0 Å². The molecule has 0 aromatic heterocycles. The van der Waals surface area contributed by atoms with Gasteiger partial charge < -0.3 is 24.8 Å². The maximum atomic E-state index is 2.63. The molecule has 3 heteroatoms. The van der Waals surface area contributed by atoms with Crippen LogP contribution in [0.2, 0.25) is 0 Å². The minimum Gasteiger partial charge on any atom is -1.00 e. The molecular formula is C44H48Cl2Zr. The molecule has 4 aromatic carbocycles. The Balaban J connectivity index is 0.00000217. The minimum atomic E-state index is -2.44. The van der Waals surface area contributed by atoms with E-state index < -0.39 is 21.3 Å². The first-order valence-electron chi connectivity index (χ1n) is 17.2. The fourth-order valence-electron chi connectivity index (χ4n) is 8.05. The number of rotatable bonds is 4. The molecule has 0 heterocycles. The minimum absolute atomic E-state index is 0. The van der Waals surface area contributed by atoms with E-state index in [0.717, 1.165) is 12.8 Å². The van der Waals surface area contributed by atoms with Crippen LogP contribution in [0.15, 0.2) is 100 Å². The zero-order chi connectivity index (χ0) is 31.3. The van der Waals surface area contributed by atoms with E-state index in [4.69, 9.17) is 0 Å². The molecule has 0 N–H and O–H groups in total. The predicted octanol–water partition coefficient (Wildman–Crippen LogP) is 5.42. The first kappa shape index (κ1) is 36.0. The SMILES string of the molecule is CC(C)(C)c1cc2c(cc1-c1ccccc1)Cc1c-2cc(C(C)(C)C)c(-c2ccccc2)[c]1[Zr+2]([C]1=CC=CC1)=[C]1CCCCC1.[Cl-].[Cl-]. The van der Waals surface area contributed by atoms with Crippen LogP contribution < -0.4 is 28.1 Å². The third-order valence-electron chi connectivity index (χ3n) is 10.3. The second-order valence-corrected chi connectivity index (χ2v) is 21.9. The molecule has 0 bridgehead atoms. The molecule has 0 unspecified atom stereocenters. The van der Waals surface area contributed by atoms with E-state index in [1.165, 1.54) is 76.6 Å². The second kappa shape index (κ2) is 14.3. The van der Waals surface area contributed by atoms with Crippen molar-refractivity contribution in [3.63, 3.8) is 0 Å². The summed E-state index contributed by atoms with van der Waals surface area (Å²) in [6.45, 7) is 14.5. The summed E-state index contributed by atoms with van der Waals surface area (Å²) in [5.41, 5.74) is 15.0. The van der Waals surface area contributed by atoms with Crippen molar-refractivity contribution < 1.29 is 46.1 Å². The predicted molar refractivity (Wildman–Crippen MR) is 193 cm³/mol. The van der Waals surface area contributed by atoms with Crippen molar-refractivity contribution in [1.29, 1.82) is 0 Å². The van der Waals surface area contributed by atoms with Gasteiger partial charge in [0.1, 0.15) is 0 Å². The van der Waals surface area contributed by atoms with E-state index in [-0.39, 0.29) is 35.6 Å². The molecule has 242 valence electrons. The standard InChI is InChI=1S/C33H33.C6H10.C5H5.2ClH.Zr/c1-32(2,3)30-20-26-24(18-28(30)22-13-9-7-10-14-22)17-25-19-29(23-15-11-8-12-16-23)31(21-27(25)26)33(4,5)6;1-2-4-6-5-3-1;1-2-4-5-3-1;;;/h7-16,18,20-21H,17H2,1-6H3;1-5H2;1-3H,4H2;2*1H;/q;;;;;+2/p-2. The van der Waals surface area contributed by atoms with Crippen molar-refractivity contribution >= 4 is 6.48 Å². The summed E-state index contributed by atoms with van der Waals surface area (Å²) in [5, 5.41) is 0. The Labute approximate surface area is 303 Å². The maximum absolute atomic E-state index is 2.63. The van der Waals surface area contributed by atoms with Gasteiger partial charge in [-0.15, -0.1) is 0 Å². The van der Waals surface area contributed by atoms with Crippen LogP contribution in [0, 0.1) is 0 Å². The second-order valence-electron chi connectivity index (χ2n) is 15.5. The molecular weight excluding hydrogens is 691 g/mol. The van der Waals surface area contributed by atoms with Crippen LogP contribution in [0.3, 0.4) is 0 Å². The van der Waals surface area contributed by atoms with Crippen molar-refractivity contribution in [2.75, 3.05) is 0 Å². The molecule has 0 atom stereocenters. The van der Waals surface area contributed by atoms with Crippen LogP contribution in [-0.4, -0.2) is 3.21 Å². The average molecular weight is 739 g/mol. The van der Waals surface area contributed by atoms with Gasteiger partial charge in [-0.1, -0.05) is 0 Å². The van der Waals surface area contributed by atoms with E-state index in [1.807, 2.05) is 3.21 Å². The van der Waals surface area contributed by atoms with E-state index in [0.29, 0.717) is 0 Å². The summed E-state index contributed by atoms with van der Waals surface area (Å²) in [6, 6.07) is 30.4. The van der Waals surface area contributed by atoms with Crippen LogP contribution in [0.4, 0.5) is 0 Å². The number of hydrogen-bond donors (Lipinski definition) is 0. The quantitative estimate of drug-likeness (QED) is 0.231. The van der Waals surface area contributed by atoms with Gasteiger partial charge in [0.15, 0.2) is 0 Å². The van der Waals surface area contributed by atoms with Crippen LogP contribution >= 0.6 is 0 Å². The molecule has 0 nitrogen and oxygen atoms in total. The smallest absolute Gasteiger partial charge is 1.00 e. The van der Waals surface area contributed by atoms with Gasteiger partial charge in [-0.25, -0.2) is 0 Å². The van der Waals surface area contributed by atoms with Crippen molar-refractivity contribution in [3.8, 4) is 33.4 Å². The molecule has 0 spiro atoms. The molecule has 7 rings (SSSR count). The number of benzene rings is 4. The van der Waals surface area contributed by atoms with E-state index in [9.17, 15) is 0 Å². The Morgan fingerprint density at radius 3 is 1.79 bits per heavy atom. The Kier molecular flexibility index (Phi) is 10.9. The summed E-state index contributed by atoms with van der Waals surface area (Å²) < 4.78 is 5.55. The van der Waals surface area contributed by atoms with Crippen LogP contribution in [-0.2, 0) is 38.5 Å². The van der Waals surface area contributed by atoms with Gasteiger partial charge >= 0.3 is 281 Å². The Morgan fingerprint density at radius 1 is 0.617 bits per heavy atom. The van der Waals surface area contributed by atoms with E-state index in [2.05, 4.69) is 139 Å². The molecule has 3 aliphatic rings. The van der Waals surface area contributed by atoms with Gasteiger partial charge in [-0.3, -0.25) is 0 Å². The summed E-state index contributed by atoms with van der Waals surface area (Å²) in [4.78, 5) is 0. The molecule has 0 amide bonds. The van der Waals surface area contributed by atoms with Gasteiger partial charge in [0, 0.05) is 0 Å². The number of hydrogen-bond acceptors (Lipinski definition) is 0. The van der Waals surface area contributed by atoms with Gasteiger partial charge in [-0.05, 0) is 0 Å². The van der Waals surface area contributed by atoms with E-state index in [1.54, 1.807) is 17.7 Å². The monoisotopic (exact) mass is 736 g/mol. The normalized spacial score (nSPS) is 15.2. The first-order chi connectivity index (χ1) is 21.6. The van der Waals surface area contributed by atoms with Gasteiger partial charge in [-0.2, -0.15) is 0 Å². The summed E-state index contributed by atoms with van der Waals surface area (Å²) in [5.74, 6) is 0. The van der Waals surface area contributed by atoms with Crippen molar-refractivity contribution in [1.82, 2.24) is 0 Å². The van der Waals surface area contributed by atoms with Crippen molar-refractivity contribution in [2.24, 2.45) is 0 Å². The summed E-state index contributed by atoms with van der Waals surface area (Å²) >= 11 is -2.44. The molecule has 0 radical (unpaired) electrons. The molecule has 1 fully saturated rings. The number of halogens is 2. The van der Waals surface area contributed by atoms with Gasteiger partial charge in [0.05, 0.1) is 0 Å². The van der Waals surface area contributed by atoms with Crippen LogP contribution in [0.5, 0.6) is 0 Å². The van der Waals surface area contributed by atoms with Crippen molar-refractivity contribution in [3.05, 3.63) is 123 Å². The third-order valence-corrected chi connectivity index (χ3v) is 18.3. The van der Waals surface area contributed by atoms with Gasteiger partial charge in [0.2, 0.25) is 0 Å². The molecule has 3 aliphatic carbocycles. The molecule has 0 aliphatic heterocycles. The maximum Gasteiger partial charge on any atom is -1.00 e. The molecule has 4 aromatic rings. The van der Waals surface area contributed by atoms with Crippen LogP contribution in [0.25, 0.3) is 33.4 Å². The Bertz CT molecular complexity index is 1850. The van der Waals surface area contributed by atoms with Crippen molar-refractivity contribution in [2.45, 2.75) is 97.3 Å². The number of fused-ring (bicyclic) bond motifs is 3. The van der Waals surface area contributed by atoms with E-state index >= 15 is 0 Å². The largest absolute Gasteiger partial charge is 1.00 e. The third kappa shape index (κ3) is 6.93. The fraction of sp³-hybridized carbons (Fsp3) is 0.341. The first-order valence-corrected chi connectivity index (χ1v) is 20.9. The molecule has 47 heavy (non-hydrogen) atoms. The summed E-state index contributed by atoms with van der Waals surface area (Å²) in [6.07, 6.45) is 16.3. The van der Waals surface area contributed by atoms with Crippen LogP contribution in [0.1, 0.15) is 102 Å². The topological polar surface area (TPSA) is 0 Å². The Morgan fingerprint density at radius 2 is 1.21 bits per heavy atom. The Hall–Kier alpha value is -2.31. The molecule has 0 saturated heterocycles. The fourth-order valence-corrected chi connectivity index (χ4v) is 17.0. The number of allylic oxidation sites excluding steroid dienone is 4.